The molecule has 2 heterocycles. The molecule has 0 aromatic rings. The van der Waals surface area contributed by atoms with E-state index in [-0.39, 0.29) is 0 Å². The van der Waals surface area contributed by atoms with Crippen LogP contribution in [0.3, 0.4) is 0 Å². The van der Waals surface area contributed by atoms with Crippen molar-refractivity contribution in [2.45, 2.75) is 89.4 Å². The van der Waals surface area contributed by atoms with Gasteiger partial charge in [0.05, 0.1) is 0 Å². The average Bonchev–Trinajstić information content (AvgIpc) is 3.33. The lowest BCUT2D eigenvalue weighted by atomic mass is 10.00. The highest BCUT2D eigenvalue weighted by Crippen LogP contribution is 2.26. The number of likely N-dealkylation sites (tertiary alicyclic amines) is 2. The Morgan fingerprint density at radius 3 is 2.55 bits per heavy atom. The van der Waals surface area contributed by atoms with Gasteiger partial charge in [0.15, 0.2) is 11.9 Å². The van der Waals surface area contributed by atoms with Gasteiger partial charge in [-0.1, -0.05) is 13.3 Å². The number of hydrogen-bond donors (Lipinski definition) is 1. The second-order valence-electron chi connectivity index (χ2n) is 9.22. The lowest BCUT2D eigenvalue weighted by molar-refractivity contribution is 0.251. The number of aliphatic imine (C=N–C) groups is 1. The summed E-state index contributed by atoms with van der Waals surface area (Å²) in [4.78, 5) is 13.1. The van der Waals surface area contributed by atoms with Crippen molar-refractivity contribution in [2.75, 3.05) is 32.7 Å². The van der Waals surface area contributed by atoms with Crippen molar-refractivity contribution in [1.29, 1.82) is 5.26 Å². The maximum atomic E-state index is 9.47. The third-order valence-corrected chi connectivity index (χ3v) is 7.19. The highest BCUT2D eigenvalue weighted by molar-refractivity contribution is 5.91. The summed E-state index contributed by atoms with van der Waals surface area (Å²) < 4.78 is 0. The molecule has 0 aromatic heterocycles. The van der Waals surface area contributed by atoms with E-state index in [2.05, 4.69) is 39.9 Å². The lowest BCUT2D eigenvalue weighted by Gasteiger charge is -2.35. The molecule has 4 unspecified atom stereocenters. The van der Waals surface area contributed by atoms with E-state index in [1.54, 1.807) is 0 Å². The highest BCUT2D eigenvalue weighted by Gasteiger charge is 2.32. The minimum Gasteiger partial charge on any atom is -0.353 e. The smallest absolute Gasteiger partial charge is 0.353 e. The molecule has 1 aliphatic carbocycles. The first-order valence-electron chi connectivity index (χ1n) is 11.7. The van der Waals surface area contributed by atoms with Crippen LogP contribution < -0.4 is 5.32 Å². The van der Waals surface area contributed by atoms with Gasteiger partial charge >= 0.3 is 6.04 Å². The van der Waals surface area contributed by atoms with Gasteiger partial charge in [-0.25, -0.2) is 6.57 Å². The quantitative estimate of drug-likeness (QED) is 0.309. The molecule has 1 N–H and O–H groups in total. The number of amidine groups is 1. The van der Waals surface area contributed by atoms with Gasteiger partial charge in [-0.05, 0) is 64.3 Å². The van der Waals surface area contributed by atoms with E-state index in [0.717, 1.165) is 44.8 Å². The minimum absolute atomic E-state index is 0.559. The number of nitrogens with one attached hydrogen (secondary N) is 1. The predicted octanol–water partition coefficient (Wildman–Crippen LogP) is 3.31. The van der Waals surface area contributed by atoms with E-state index in [0.29, 0.717) is 30.5 Å². The fourth-order valence-corrected chi connectivity index (χ4v) is 5.27. The molecule has 6 heteroatoms. The third kappa shape index (κ3) is 5.93. The van der Waals surface area contributed by atoms with Crippen LogP contribution in [-0.4, -0.2) is 72.5 Å². The van der Waals surface area contributed by atoms with Gasteiger partial charge in [0.1, 0.15) is 0 Å². The second kappa shape index (κ2) is 11.0. The molecule has 0 spiro atoms. The zero-order chi connectivity index (χ0) is 20.6. The zero-order valence-corrected chi connectivity index (χ0v) is 18.3. The molecule has 4 atom stereocenters. The van der Waals surface area contributed by atoms with Gasteiger partial charge in [-0.15, -0.1) is 0 Å². The van der Waals surface area contributed by atoms with E-state index >= 15 is 0 Å². The normalized spacial score (nSPS) is 30.3. The van der Waals surface area contributed by atoms with Gasteiger partial charge in [0.2, 0.25) is 0 Å². The van der Waals surface area contributed by atoms with Crippen LogP contribution in [0.2, 0.25) is 0 Å². The number of hydrogen-bond acceptors (Lipinski definition) is 4. The Labute approximate surface area is 177 Å². The molecule has 0 amide bonds. The molecule has 29 heavy (non-hydrogen) atoms. The van der Waals surface area contributed by atoms with Gasteiger partial charge in [0.25, 0.3) is 0 Å². The molecule has 2 saturated heterocycles. The van der Waals surface area contributed by atoms with E-state index in [1.165, 1.54) is 38.6 Å². The largest absolute Gasteiger partial charge is 0.363 e. The topological polar surface area (TPSA) is 59.0 Å². The van der Waals surface area contributed by atoms with Crippen LogP contribution in [0.25, 0.3) is 4.85 Å². The van der Waals surface area contributed by atoms with Crippen molar-refractivity contribution in [1.82, 2.24) is 15.1 Å². The maximum Gasteiger partial charge on any atom is 0.363 e. The minimum atomic E-state index is -0.764. The van der Waals surface area contributed by atoms with Gasteiger partial charge < -0.3 is 15.1 Å². The first-order valence-corrected chi connectivity index (χ1v) is 11.7. The number of nitriles is 1. The Morgan fingerprint density at radius 1 is 1.17 bits per heavy atom. The van der Waals surface area contributed by atoms with Crippen molar-refractivity contribution < 1.29 is 0 Å². The summed E-state index contributed by atoms with van der Waals surface area (Å²) in [7, 11) is 0. The maximum absolute atomic E-state index is 9.47. The Balaban J connectivity index is 1.50. The first-order chi connectivity index (χ1) is 14.1. The third-order valence-electron chi connectivity index (χ3n) is 7.19. The molecule has 160 valence electrons. The first kappa shape index (κ1) is 22.1. The average molecular weight is 399 g/mol. The number of piperidine rings is 1. The molecular weight excluding hydrogens is 360 g/mol. The summed E-state index contributed by atoms with van der Waals surface area (Å²) in [6, 6.07) is 3.31. The fraction of sp³-hybridized carbons (Fsp3) is 0.870. The van der Waals surface area contributed by atoms with Crippen LogP contribution in [-0.2, 0) is 0 Å². The molecule has 0 bridgehead atoms. The standard InChI is InChI=1S/C23H38N6/c1-18-7-4-9-21(18)27-20-10-15-29(16-11-20)23(22(17-24)25-3)26-12-6-14-28-13-5-8-19(28)2/h18-22,27H,4-16H2,1-2H3. The Kier molecular flexibility index (Phi) is 8.33. The zero-order valence-electron chi connectivity index (χ0n) is 18.3. The molecule has 3 rings (SSSR count). The van der Waals surface area contributed by atoms with E-state index in [9.17, 15) is 5.26 Å². The van der Waals surface area contributed by atoms with Crippen LogP contribution in [0.4, 0.5) is 0 Å². The molecule has 6 nitrogen and oxygen atoms in total. The monoisotopic (exact) mass is 398 g/mol. The molecule has 0 radical (unpaired) electrons. The van der Waals surface area contributed by atoms with E-state index in [1.807, 2.05) is 0 Å². The second-order valence-corrected chi connectivity index (χ2v) is 9.22. The summed E-state index contributed by atoms with van der Waals surface area (Å²) in [6.07, 6.45) is 9.74. The van der Waals surface area contributed by atoms with Crippen molar-refractivity contribution >= 4 is 5.84 Å². The van der Waals surface area contributed by atoms with E-state index < -0.39 is 6.04 Å². The Hall–Kier alpha value is -1.63. The summed E-state index contributed by atoms with van der Waals surface area (Å²) in [5.74, 6) is 1.50. The van der Waals surface area contributed by atoms with Crippen LogP contribution in [0, 0.1) is 23.8 Å². The van der Waals surface area contributed by atoms with Crippen molar-refractivity contribution in [3.63, 3.8) is 0 Å². The van der Waals surface area contributed by atoms with Crippen molar-refractivity contribution in [3.05, 3.63) is 11.4 Å². The van der Waals surface area contributed by atoms with E-state index in [4.69, 9.17) is 11.6 Å². The van der Waals surface area contributed by atoms with Crippen LogP contribution >= 0.6 is 0 Å². The highest BCUT2D eigenvalue weighted by atomic mass is 15.2. The molecule has 0 aromatic carbocycles. The number of nitrogens with zero attached hydrogens (tertiary/aromatic N) is 5. The van der Waals surface area contributed by atoms with Gasteiger partial charge in [0, 0.05) is 44.3 Å². The van der Waals surface area contributed by atoms with Gasteiger partial charge in [-0.2, -0.15) is 5.26 Å². The number of rotatable bonds is 7. The van der Waals surface area contributed by atoms with Crippen LogP contribution in [0.5, 0.6) is 0 Å². The Morgan fingerprint density at radius 2 is 1.97 bits per heavy atom. The predicted molar refractivity (Wildman–Crippen MR) is 118 cm³/mol. The van der Waals surface area contributed by atoms with Crippen LogP contribution in [0.15, 0.2) is 4.99 Å². The fourth-order valence-electron chi connectivity index (χ4n) is 5.27. The lowest BCUT2D eigenvalue weighted by Crippen LogP contribution is -2.50. The van der Waals surface area contributed by atoms with Crippen molar-refractivity contribution in [2.24, 2.45) is 10.9 Å². The van der Waals surface area contributed by atoms with Crippen LogP contribution in [0.1, 0.15) is 65.2 Å². The summed E-state index contributed by atoms with van der Waals surface area (Å²) in [5, 5.41) is 13.3. The summed E-state index contributed by atoms with van der Waals surface area (Å²) in [5.41, 5.74) is 0. The summed E-state index contributed by atoms with van der Waals surface area (Å²) >= 11 is 0. The molecule has 3 aliphatic rings. The summed E-state index contributed by atoms with van der Waals surface area (Å²) in [6.45, 7) is 16.9. The molecule has 1 saturated carbocycles. The molecule has 2 aliphatic heterocycles. The van der Waals surface area contributed by atoms with Crippen molar-refractivity contribution in [3.8, 4) is 6.07 Å². The van der Waals surface area contributed by atoms with Gasteiger partial charge in [-0.3, -0.25) is 9.84 Å². The molecular formula is C23H38N6. The SMILES string of the molecule is [C-]#[N+]C(C#N)C(=NCCCN1CCCC1C)N1CCC(NC2CCCC2C)CC1. The Bertz CT molecular complexity index is 610. The molecule has 3 fully saturated rings.